The van der Waals surface area contributed by atoms with Crippen molar-refractivity contribution in [3.05, 3.63) is 54.4 Å². The summed E-state index contributed by atoms with van der Waals surface area (Å²) >= 11 is 0. The van der Waals surface area contributed by atoms with E-state index in [4.69, 9.17) is 15.0 Å². The van der Waals surface area contributed by atoms with E-state index in [0.29, 0.717) is 11.7 Å². The average molecular weight is 350 g/mol. The monoisotopic (exact) mass is 350 g/mol. The van der Waals surface area contributed by atoms with Gasteiger partial charge >= 0.3 is 0 Å². The van der Waals surface area contributed by atoms with Crippen molar-refractivity contribution in [2.45, 2.75) is 31.2 Å². The average Bonchev–Trinajstić information content (AvgIpc) is 3.33. The van der Waals surface area contributed by atoms with Gasteiger partial charge in [0.25, 0.3) is 5.89 Å². The van der Waals surface area contributed by atoms with Crippen molar-refractivity contribution in [2.75, 3.05) is 12.4 Å². The molecule has 3 N–H and O–H groups in total. The van der Waals surface area contributed by atoms with Crippen LogP contribution in [0, 0.1) is 0 Å². The zero-order chi connectivity index (χ0) is 18.0. The summed E-state index contributed by atoms with van der Waals surface area (Å²) in [6, 6.07) is 15.6. The predicted molar refractivity (Wildman–Crippen MR) is 100 cm³/mol. The Kier molecular flexibility index (Phi) is 4.34. The van der Waals surface area contributed by atoms with Gasteiger partial charge in [-0.2, -0.15) is 4.98 Å². The van der Waals surface area contributed by atoms with Crippen LogP contribution in [-0.2, 0) is 5.54 Å². The highest BCUT2D eigenvalue weighted by Gasteiger charge is 2.36. The van der Waals surface area contributed by atoms with E-state index in [1.54, 1.807) is 7.11 Å². The Labute approximate surface area is 152 Å². The highest BCUT2D eigenvalue weighted by Crippen LogP contribution is 2.36. The van der Waals surface area contributed by atoms with E-state index in [1.165, 1.54) is 0 Å². The number of nitrogens with two attached hydrogens (primary N) is 1. The van der Waals surface area contributed by atoms with Crippen molar-refractivity contribution in [3.63, 3.8) is 0 Å². The minimum atomic E-state index is -0.458. The summed E-state index contributed by atoms with van der Waals surface area (Å²) in [5.74, 6) is 1.90. The molecule has 0 amide bonds. The van der Waals surface area contributed by atoms with Gasteiger partial charge in [-0.05, 0) is 49.2 Å². The zero-order valence-corrected chi connectivity index (χ0v) is 14.7. The highest BCUT2D eigenvalue weighted by molar-refractivity contribution is 5.76. The van der Waals surface area contributed by atoms with Crippen LogP contribution in [0.3, 0.4) is 0 Å². The Hall–Kier alpha value is -2.86. The smallest absolute Gasteiger partial charge is 0.260 e. The summed E-state index contributed by atoms with van der Waals surface area (Å²) in [5, 5.41) is 7.56. The lowest BCUT2D eigenvalue weighted by Gasteiger charge is -2.17. The molecule has 0 unspecified atom stereocenters. The van der Waals surface area contributed by atoms with Gasteiger partial charge in [-0.15, -0.1) is 0 Å². The normalized spacial score (nSPS) is 15.8. The molecule has 0 radical (unpaired) electrons. The van der Waals surface area contributed by atoms with Gasteiger partial charge in [0.15, 0.2) is 5.82 Å². The van der Waals surface area contributed by atoms with E-state index in [1.807, 2.05) is 48.5 Å². The molecule has 26 heavy (non-hydrogen) atoms. The maximum absolute atomic E-state index is 6.45. The molecule has 1 aliphatic rings. The molecule has 1 saturated carbocycles. The first-order chi connectivity index (χ1) is 12.7. The van der Waals surface area contributed by atoms with E-state index in [0.717, 1.165) is 48.4 Å². The van der Waals surface area contributed by atoms with Crippen LogP contribution < -0.4 is 15.8 Å². The second kappa shape index (κ2) is 6.80. The van der Waals surface area contributed by atoms with Gasteiger partial charge in [-0.3, -0.25) is 0 Å². The Morgan fingerprint density at radius 1 is 1.08 bits per heavy atom. The summed E-state index contributed by atoms with van der Waals surface area (Å²) in [7, 11) is 1.65. The number of nitrogens with one attached hydrogen (secondary N) is 1. The molecule has 0 spiro atoms. The van der Waals surface area contributed by atoms with Crippen molar-refractivity contribution >= 4 is 11.4 Å². The van der Waals surface area contributed by atoms with Gasteiger partial charge in [0, 0.05) is 5.69 Å². The lowest BCUT2D eigenvalue weighted by Crippen LogP contribution is -2.34. The Bertz CT molecular complexity index is 883. The van der Waals surface area contributed by atoms with Crippen LogP contribution in [0.15, 0.2) is 53.1 Å². The molecule has 6 heteroatoms. The van der Waals surface area contributed by atoms with E-state index >= 15 is 0 Å². The van der Waals surface area contributed by atoms with Crippen LogP contribution in [0.4, 0.5) is 11.4 Å². The summed E-state index contributed by atoms with van der Waals surface area (Å²) < 4.78 is 10.7. The molecule has 1 aliphatic carbocycles. The lowest BCUT2D eigenvalue weighted by molar-refractivity contribution is 0.372. The molecule has 3 aromatic rings. The van der Waals surface area contributed by atoms with Crippen molar-refractivity contribution < 1.29 is 9.26 Å². The third-order valence-corrected chi connectivity index (χ3v) is 4.89. The number of ether oxygens (including phenoxy) is 1. The first-order valence-electron chi connectivity index (χ1n) is 8.81. The summed E-state index contributed by atoms with van der Waals surface area (Å²) in [5.41, 5.74) is 8.68. The second-order valence-corrected chi connectivity index (χ2v) is 6.69. The fourth-order valence-electron chi connectivity index (χ4n) is 3.37. The maximum Gasteiger partial charge on any atom is 0.260 e. The standard InChI is InChI=1S/C20H22N4O2/c1-25-15-10-8-14(9-11-15)22-17-7-3-2-6-16(17)18-23-19(24-26-18)20(21)12-4-5-13-20/h2-3,6-11,22H,4-5,12-13,21H2,1H3. The van der Waals surface area contributed by atoms with Gasteiger partial charge in [-0.1, -0.05) is 30.1 Å². The van der Waals surface area contributed by atoms with E-state index in [2.05, 4.69) is 15.5 Å². The van der Waals surface area contributed by atoms with Crippen LogP contribution in [0.25, 0.3) is 11.5 Å². The number of anilines is 2. The van der Waals surface area contributed by atoms with Crippen LogP contribution >= 0.6 is 0 Å². The first kappa shape index (κ1) is 16.6. The minimum Gasteiger partial charge on any atom is -0.497 e. The Balaban J connectivity index is 1.62. The summed E-state index contributed by atoms with van der Waals surface area (Å²) in [4.78, 5) is 4.60. The number of nitrogens with zero attached hydrogens (tertiary/aromatic N) is 2. The molecule has 134 valence electrons. The van der Waals surface area contributed by atoms with Crippen LogP contribution in [0.1, 0.15) is 31.5 Å². The number of rotatable bonds is 5. The maximum atomic E-state index is 6.45. The highest BCUT2D eigenvalue weighted by atomic mass is 16.5. The van der Waals surface area contributed by atoms with Crippen molar-refractivity contribution in [2.24, 2.45) is 5.73 Å². The Morgan fingerprint density at radius 3 is 2.54 bits per heavy atom. The number of hydrogen-bond acceptors (Lipinski definition) is 6. The van der Waals surface area contributed by atoms with Crippen molar-refractivity contribution in [1.82, 2.24) is 10.1 Å². The van der Waals surface area contributed by atoms with Gasteiger partial charge in [0.2, 0.25) is 0 Å². The fraction of sp³-hybridized carbons (Fsp3) is 0.300. The summed E-state index contributed by atoms with van der Waals surface area (Å²) in [6.07, 6.45) is 4.02. The molecule has 0 saturated heterocycles. The van der Waals surface area contributed by atoms with Crippen LogP contribution in [-0.4, -0.2) is 17.3 Å². The number of para-hydroxylation sites is 1. The third kappa shape index (κ3) is 3.15. The number of methoxy groups -OCH3 is 1. The number of hydrogen-bond donors (Lipinski definition) is 2. The van der Waals surface area contributed by atoms with Gasteiger partial charge in [0.05, 0.1) is 23.9 Å². The largest absolute Gasteiger partial charge is 0.497 e. The minimum absolute atomic E-state index is 0.458. The molecule has 0 atom stereocenters. The molecule has 1 aromatic heterocycles. The van der Waals surface area contributed by atoms with Crippen molar-refractivity contribution in [3.8, 4) is 17.2 Å². The lowest BCUT2D eigenvalue weighted by atomic mass is 9.98. The second-order valence-electron chi connectivity index (χ2n) is 6.69. The summed E-state index contributed by atoms with van der Waals surface area (Å²) in [6.45, 7) is 0. The predicted octanol–water partition coefficient (Wildman–Crippen LogP) is 4.22. The quantitative estimate of drug-likeness (QED) is 0.716. The molecule has 1 heterocycles. The van der Waals surface area contributed by atoms with Crippen LogP contribution in [0.2, 0.25) is 0 Å². The van der Waals surface area contributed by atoms with Gasteiger partial charge in [0.1, 0.15) is 5.75 Å². The SMILES string of the molecule is COc1ccc(Nc2ccccc2-c2nc(C3(N)CCCC3)no2)cc1. The molecule has 4 rings (SSSR count). The number of benzene rings is 2. The van der Waals surface area contributed by atoms with Crippen LogP contribution in [0.5, 0.6) is 5.75 Å². The molecule has 0 bridgehead atoms. The first-order valence-corrected chi connectivity index (χ1v) is 8.81. The van der Waals surface area contributed by atoms with Gasteiger partial charge in [-0.25, -0.2) is 0 Å². The van der Waals surface area contributed by atoms with E-state index < -0.39 is 5.54 Å². The number of aromatic nitrogens is 2. The zero-order valence-electron chi connectivity index (χ0n) is 14.7. The fourth-order valence-corrected chi connectivity index (χ4v) is 3.37. The molecule has 6 nitrogen and oxygen atoms in total. The molecule has 0 aliphatic heterocycles. The Morgan fingerprint density at radius 2 is 1.81 bits per heavy atom. The topological polar surface area (TPSA) is 86.2 Å². The molecule has 1 fully saturated rings. The van der Waals surface area contributed by atoms with Crippen molar-refractivity contribution in [1.29, 1.82) is 0 Å². The van der Waals surface area contributed by atoms with Gasteiger partial charge < -0.3 is 20.3 Å². The third-order valence-electron chi connectivity index (χ3n) is 4.89. The molecular formula is C20H22N4O2. The van der Waals surface area contributed by atoms with E-state index in [-0.39, 0.29) is 0 Å². The van der Waals surface area contributed by atoms with E-state index in [9.17, 15) is 0 Å². The molecular weight excluding hydrogens is 328 g/mol. The molecule has 2 aromatic carbocycles.